The summed E-state index contributed by atoms with van der Waals surface area (Å²) in [6.07, 6.45) is 8.60. The van der Waals surface area contributed by atoms with Gasteiger partial charge in [-0.05, 0) is 50.0 Å². The fourth-order valence-corrected chi connectivity index (χ4v) is 3.71. The van der Waals surface area contributed by atoms with Crippen LogP contribution < -0.4 is 5.32 Å². The van der Waals surface area contributed by atoms with Gasteiger partial charge in [0.15, 0.2) is 0 Å². The van der Waals surface area contributed by atoms with E-state index in [9.17, 15) is 10.1 Å². The van der Waals surface area contributed by atoms with Crippen molar-refractivity contribution in [2.24, 2.45) is 11.8 Å². The van der Waals surface area contributed by atoms with Gasteiger partial charge in [-0.1, -0.05) is 25.8 Å². The van der Waals surface area contributed by atoms with Crippen molar-refractivity contribution >= 4 is 11.4 Å². The quantitative estimate of drug-likeness (QED) is 0.639. The van der Waals surface area contributed by atoms with E-state index in [-0.39, 0.29) is 10.6 Å². The third-order valence-electron chi connectivity index (χ3n) is 5.04. The van der Waals surface area contributed by atoms with Gasteiger partial charge in [-0.25, -0.2) is 0 Å². The van der Waals surface area contributed by atoms with Crippen LogP contribution in [0.4, 0.5) is 11.4 Å². The number of nitro groups is 1. The van der Waals surface area contributed by atoms with Crippen LogP contribution in [0, 0.1) is 22.0 Å². The van der Waals surface area contributed by atoms with E-state index in [1.54, 1.807) is 6.07 Å². The molecule has 1 N–H and O–H groups in total. The Morgan fingerprint density at radius 1 is 1.24 bits per heavy atom. The summed E-state index contributed by atoms with van der Waals surface area (Å²) in [5.74, 6) is 1.84. The second kappa shape index (κ2) is 6.04. The number of nitrogens with zero attached hydrogens (tertiary/aromatic N) is 1. The van der Waals surface area contributed by atoms with E-state index in [4.69, 9.17) is 0 Å². The summed E-state index contributed by atoms with van der Waals surface area (Å²) in [5.41, 5.74) is 1.96. The summed E-state index contributed by atoms with van der Waals surface area (Å²) >= 11 is 0. The van der Waals surface area contributed by atoms with Crippen LogP contribution in [0.2, 0.25) is 0 Å². The minimum atomic E-state index is -0.266. The van der Waals surface area contributed by atoms with Gasteiger partial charge in [0.1, 0.15) is 0 Å². The van der Waals surface area contributed by atoms with Gasteiger partial charge in [-0.15, -0.1) is 0 Å². The van der Waals surface area contributed by atoms with Crippen molar-refractivity contribution in [3.8, 4) is 0 Å². The van der Waals surface area contributed by atoms with E-state index in [2.05, 4.69) is 5.32 Å². The van der Waals surface area contributed by atoms with Crippen LogP contribution in [0.25, 0.3) is 0 Å². The van der Waals surface area contributed by atoms with Gasteiger partial charge in [-0.3, -0.25) is 10.1 Å². The van der Waals surface area contributed by atoms with Crippen molar-refractivity contribution in [3.63, 3.8) is 0 Å². The Balaban J connectivity index is 1.69. The standard InChI is InChI=1S/C17H24N2O2/c1-2-12-8-9-16(11-17(12)19(20)21)18-15-5-3-4-14(10-15)13-6-7-13/h8-9,11,13-15,18H,2-7,10H2,1H3. The molecule has 0 spiro atoms. The molecule has 0 aromatic heterocycles. The molecule has 0 radical (unpaired) electrons. The van der Waals surface area contributed by atoms with Crippen molar-refractivity contribution in [3.05, 3.63) is 33.9 Å². The molecule has 0 saturated heterocycles. The highest BCUT2D eigenvalue weighted by atomic mass is 16.6. The molecule has 4 nitrogen and oxygen atoms in total. The molecule has 0 aliphatic heterocycles. The van der Waals surface area contributed by atoms with E-state index in [0.29, 0.717) is 12.5 Å². The normalized spacial score (nSPS) is 25.6. The molecule has 21 heavy (non-hydrogen) atoms. The van der Waals surface area contributed by atoms with Gasteiger partial charge in [-0.2, -0.15) is 0 Å². The maximum atomic E-state index is 11.2. The lowest BCUT2D eigenvalue weighted by molar-refractivity contribution is -0.385. The predicted octanol–water partition coefficient (Wildman–Crippen LogP) is 4.54. The highest BCUT2D eigenvalue weighted by molar-refractivity contribution is 5.55. The largest absolute Gasteiger partial charge is 0.382 e. The smallest absolute Gasteiger partial charge is 0.274 e. The van der Waals surface area contributed by atoms with Crippen molar-refractivity contribution in [2.75, 3.05) is 5.32 Å². The molecule has 2 aliphatic carbocycles. The number of nitrogens with one attached hydrogen (secondary N) is 1. The third kappa shape index (κ3) is 3.36. The first-order chi connectivity index (χ1) is 10.2. The number of anilines is 1. The summed E-state index contributed by atoms with van der Waals surface area (Å²) in [7, 11) is 0. The first-order valence-electron chi connectivity index (χ1n) is 8.21. The molecule has 114 valence electrons. The summed E-state index contributed by atoms with van der Waals surface area (Å²) in [4.78, 5) is 10.9. The Morgan fingerprint density at radius 3 is 2.71 bits per heavy atom. The molecule has 2 atom stereocenters. The molecule has 4 heteroatoms. The third-order valence-corrected chi connectivity index (χ3v) is 5.04. The number of rotatable bonds is 5. The molecule has 1 aromatic rings. The Kier molecular flexibility index (Phi) is 4.13. The van der Waals surface area contributed by atoms with Gasteiger partial charge in [0.2, 0.25) is 0 Å². The Hall–Kier alpha value is -1.58. The highest BCUT2D eigenvalue weighted by Gasteiger charge is 2.34. The Labute approximate surface area is 126 Å². The van der Waals surface area contributed by atoms with Crippen LogP contribution in [0.1, 0.15) is 51.0 Å². The SMILES string of the molecule is CCc1ccc(NC2CCCC(C3CC3)C2)cc1[N+](=O)[O-]. The van der Waals surface area contributed by atoms with Gasteiger partial charge in [0, 0.05) is 23.4 Å². The van der Waals surface area contributed by atoms with Crippen molar-refractivity contribution < 1.29 is 4.92 Å². The molecule has 0 heterocycles. The van der Waals surface area contributed by atoms with E-state index in [1.165, 1.54) is 38.5 Å². The molecule has 0 amide bonds. The van der Waals surface area contributed by atoms with Crippen LogP contribution in [0.15, 0.2) is 18.2 Å². The van der Waals surface area contributed by atoms with E-state index in [0.717, 1.165) is 23.1 Å². The molecule has 0 bridgehead atoms. The summed E-state index contributed by atoms with van der Waals surface area (Å²) in [6.45, 7) is 1.96. The zero-order valence-electron chi connectivity index (χ0n) is 12.7. The van der Waals surface area contributed by atoms with Crippen LogP contribution in [-0.4, -0.2) is 11.0 Å². The predicted molar refractivity (Wildman–Crippen MR) is 84.6 cm³/mol. The van der Waals surface area contributed by atoms with Crippen LogP contribution in [-0.2, 0) is 6.42 Å². The fourth-order valence-electron chi connectivity index (χ4n) is 3.71. The van der Waals surface area contributed by atoms with Crippen LogP contribution in [0.5, 0.6) is 0 Å². The molecule has 2 saturated carbocycles. The number of benzene rings is 1. The van der Waals surface area contributed by atoms with E-state index in [1.807, 2.05) is 19.1 Å². The second-order valence-corrected chi connectivity index (χ2v) is 6.56. The van der Waals surface area contributed by atoms with Crippen LogP contribution in [0.3, 0.4) is 0 Å². The van der Waals surface area contributed by atoms with Gasteiger partial charge in [0.05, 0.1) is 4.92 Å². The van der Waals surface area contributed by atoms with Gasteiger partial charge >= 0.3 is 0 Å². The fraction of sp³-hybridized carbons (Fsp3) is 0.647. The van der Waals surface area contributed by atoms with Gasteiger partial charge < -0.3 is 5.32 Å². The Morgan fingerprint density at radius 2 is 2.05 bits per heavy atom. The lowest BCUT2D eigenvalue weighted by atomic mass is 9.82. The first-order valence-corrected chi connectivity index (χ1v) is 8.21. The molecule has 3 rings (SSSR count). The van der Waals surface area contributed by atoms with Crippen molar-refractivity contribution in [2.45, 2.75) is 57.9 Å². The molecule has 2 aliphatic rings. The lowest BCUT2D eigenvalue weighted by Crippen LogP contribution is -2.28. The maximum Gasteiger partial charge on any atom is 0.274 e. The zero-order valence-corrected chi connectivity index (χ0v) is 12.7. The second-order valence-electron chi connectivity index (χ2n) is 6.56. The van der Waals surface area contributed by atoms with Crippen LogP contribution >= 0.6 is 0 Å². The summed E-state index contributed by atoms with van der Waals surface area (Å²) in [6, 6.07) is 6.07. The first kappa shape index (κ1) is 14.4. The monoisotopic (exact) mass is 288 g/mol. The molecular weight excluding hydrogens is 264 g/mol. The van der Waals surface area contributed by atoms with Crippen molar-refractivity contribution in [1.82, 2.24) is 0 Å². The molecule has 1 aromatic carbocycles. The topological polar surface area (TPSA) is 55.2 Å². The minimum absolute atomic E-state index is 0.247. The van der Waals surface area contributed by atoms with Crippen molar-refractivity contribution in [1.29, 1.82) is 0 Å². The number of aryl methyl sites for hydroxylation is 1. The average Bonchev–Trinajstić information content (AvgIpc) is 3.32. The van der Waals surface area contributed by atoms with Gasteiger partial charge in [0.25, 0.3) is 5.69 Å². The van der Waals surface area contributed by atoms with E-state index < -0.39 is 0 Å². The number of hydrogen-bond acceptors (Lipinski definition) is 3. The molecule has 2 fully saturated rings. The maximum absolute atomic E-state index is 11.2. The molecule has 2 unspecified atom stereocenters. The minimum Gasteiger partial charge on any atom is -0.382 e. The number of hydrogen-bond donors (Lipinski definition) is 1. The van der Waals surface area contributed by atoms with E-state index >= 15 is 0 Å². The Bertz CT molecular complexity index is 526. The lowest BCUT2D eigenvalue weighted by Gasteiger charge is -2.30. The highest BCUT2D eigenvalue weighted by Crippen LogP contribution is 2.44. The molecular formula is C17H24N2O2. The number of nitro benzene ring substituents is 1. The zero-order chi connectivity index (χ0) is 14.8. The summed E-state index contributed by atoms with van der Waals surface area (Å²) < 4.78 is 0. The summed E-state index contributed by atoms with van der Waals surface area (Å²) in [5, 5.41) is 14.7. The average molecular weight is 288 g/mol.